The Morgan fingerprint density at radius 3 is 2.40 bits per heavy atom. The van der Waals surface area contributed by atoms with E-state index in [0.717, 1.165) is 30.8 Å². The number of nitrogens with zero attached hydrogens (tertiary/aromatic N) is 3. The second kappa shape index (κ2) is 10.4. The van der Waals surface area contributed by atoms with Crippen molar-refractivity contribution in [2.75, 3.05) is 33.7 Å². The number of halogens is 1. The van der Waals surface area contributed by atoms with E-state index in [9.17, 15) is 4.79 Å². The van der Waals surface area contributed by atoms with Crippen LogP contribution < -0.4 is 0 Å². The van der Waals surface area contributed by atoms with Crippen molar-refractivity contribution in [1.29, 1.82) is 0 Å². The van der Waals surface area contributed by atoms with Gasteiger partial charge in [0.1, 0.15) is 6.10 Å². The minimum atomic E-state index is -0.277. The molecule has 2 aliphatic rings. The molecule has 1 amide bonds. The van der Waals surface area contributed by atoms with E-state index in [1.807, 2.05) is 24.3 Å². The average Bonchev–Trinajstić information content (AvgIpc) is 3.47. The third-order valence-electron chi connectivity index (χ3n) is 7.16. The predicted octanol–water partition coefficient (Wildman–Crippen LogP) is 5.84. The van der Waals surface area contributed by atoms with E-state index < -0.39 is 0 Å². The molecule has 0 N–H and O–H groups in total. The van der Waals surface area contributed by atoms with Crippen LogP contribution in [0.5, 0.6) is 0 Å². The van der Waals surface area contributed by atoms with Crippen LogP contribution in [0.3, 0.4) is 0 Å². The molecule has 0 unspecified atom stereocenters. The molecule has 5 rings (SSSR count). The zero-order valence-electron chi connectivity index (χ0n) is 20.4. The highest BCUT2D eigenvalue weighted by molar-refractivity contribution is 6.30. The molecule has 3 aromatic carbocycles. The number of rotatable bonds is 7. The van der Waals surface area contributed by atoms with E-state index >= 15 is 0 Å². The van der Waals surface area contributed by atoms with Crippen molar-refractivity contribution in [2.45, 2.75) is 31.7 Å². The molecule has 2 atom stereocenters. The summed E-state index contributed by atoms with van der Waals surface area (Å²) in [7, 11) is 4.34. The van der Waals surface area contributed by atoms with Crippen LogP contribution in [0.4, 0.5) is 4.79 Å². The van der Waals surface area contributed by atoms with Gasteiger partial charge in [0.25, 0.3) is 0 Å². The number of carbonyl (C=O) groups is 1. The largest absolute Gasteiger partial charge is 0.439 e. The van der Waals surface area contributed by atoms with Crippen molar-refractivity contribution >= 4 is 17.7 Å². The molecule has 0 aromatic heterocycles. The summed E-state index contributed by atoms with van der Waals surface area (Å²) in [4.78, 5) is 19.1. The lowest BCUT2D eigenvalue weighted by molar-refractivity contribution is 0.132. The van der Waals surface area contributed by atoms with Gasteiger partial charge in [0.05, 0.1) is 6.54 Å². The van der Waals surface area contributed by atoms with Gasteiger partial charge >= 0.3 is 6.09 Å². The number of ether oxygens (including phenoxy) is 1. The molecule has 3 aromatic rings. The molecular weight excluding hydrogens is 458 g/mol. The summed E-state index contributed by atoms with van der Waals surface area (Å²) in [5, 5.41) is 0.676. The topological polar surface area (TPSA) is 36.0 Å². The maximum absolute atomic E-state index is 12.5. The molecule has 6 heteroatoms. The molecule has 5 nitrogen and oxygen atoms in total. The van der Waals surface area contributed by atoms with Crippen molar-refractivity contribution in [3.05, 3.63) is 94.5 Å². The Morgan fingerprint density at radius 1 is 0.943 bits per heavy atom. The Balaban J connectivity index is 1.24. The van der Waals surface area contributed by atoms with Crippen LogP contribution in [0.1, 0.15) is 29.2 Å². The molecule has 0 radical (unpaired) electrons. The van der Waals surface area contributed by atoms with Crippen LogP contribution in [0, 0.1) is 0 Å². The van der Waals surface area contributed by atoms with Crippen molar-refractivity contribution in [2.24, 2.45) is 0 Å². The number of cyclic esters (lactones) is 1. The molecule has 2 saturated heterocycles. The van der Waals surface area contributed by atoms with Crippen LogP contribution in [-0.2, 0) is 17.8 Å². The summed E-state index contributed by atoms with van der Waals surface area (Å²) >= 11 is 5.99. The molecule has 2 fully saturated rings. The monoisotopic (exact) mass is 489 g/mol. The standard InChI is InChI=1S/C29H32ClN3O2/c1-31(2)26-15-16-32(19-26)18-24-5-3-4-6-27(24)22-9-7-21(8-10-22)17-33-20-28(35-29(33)34)23-11-13-25(30)14-12-23/h3-14,26,28H,15-20H2,1-2H3/t26-,28+/m1/s1. The zero-order valence-corrected chi connectivity index (χ0v) is 21.1. The second-order valence-electron chi connectivity index (χ2n) is 9.80. The molecule has 182 valence electrons. The Kier molecular flexibility index (Phi) is 7.09. The number of carbonyl (C=O) groups excluding carboxylic acids is 1. The first-order chi connectivity index (χ1) is 17.0. The zero-order chi connectivity index (χ0) is 24.4. The van der Waals surface area contributed by atoms with Gasteiger partial charge in [-0.2, -0.15) is 0 Å². The Bertz CT molecular complexity index is 1160. The maximum atomic E-state index is 12.5. The van der Waals surface area contributed by atoms with Gasteiger partial charge in [-0.25, -0.2) is 4.79 Å². The van der Waals surface area contributed by atoms with Crippen LogP contribution in [0.2, 0.25) is 5.02 Å². The van der Waals surface area contributed by atoms with E-state index in [1.165, 1.54) is 23.1 Å². The Hall–Kier alpha value is -2.86. The quantitative estimate of drug-likeness (QED) is 0.418. The summed E-state index contributed by atoms with van der Waals surface area (Å²) in [6.45, 7) is 4.29. The third kappa shape index (κ3) is 5.53. The van der Waals surface area contributed by atoms with Crippen molar-refractivity contribution < 1.29 is 9.53 Å². The van der Waals surface area contributed by atoms with Gasteiger partial charge in [-0.05, 0) is 60.5 Å². The molecular formula is C29H32ClN3O2. The van der Waals surface area contributed by atoms with Crippen molar-refractivity contribution in [3.63, 3.8) is 0 Å². The highest BCUT2D eigenvalue weighted by Gasteiger charge is 2.32. The van der Waals surface area contributed by atoms with E-state index in [1.54, 1.807) is 4.90 Å². The smallest absolute Gasteiger partial charge is 0.410 e. The predicted molar refractivity (Wildman–Crippen MR) is 140 cm³/mol. The maximum Gasteiger partial charge on any atom is 0.410 e. The Labute approximate surface area is 212 Å². The van der Waals surface area contributed by atoms with Crippen molar-refractivity contribution in [3.8, 4) is 11.1 Å². The third-order valence-corrected chi connectivity index (χ3v) is 7.41. The van der Waals surface area contributed by atoms with Gasteiger partial charge in [0.2, 0.25) is 0 Å². The van der Waals surface area contributed by atoms with Crippen molar-refractivity contribution in [1.82, 2.24) is 14.7 Å². The number of likely N-dealkylation sites (tertiary alicyclic amines) is 1. The summed E-state index contributed by atoms with van der Waals surface area (Å²) in [5.74, 6) is 0. The summed E-state index contributed by atoms with van der Waals surface area (Å²) in [6.07, 6.45) is 0.686. The van der Waals surface area contributed by atoms with Crippen LogP contribution in [0.15, 0.2) is 72.8 Å². The molecule has 35 heavy (non-hydrogen) atoms. The van der Waals surface area contributed by atoms with Crippen LogP contribution in [-0.4, -0.2) is 60.6 Å². The number of hydrogen-bond acceptors (Lipinski definition) is 4. The molecule has 2 aliphatic heterocycles. The summed E-state index contributed by atoms with van der Waals surface area (Å²) < 4.78 is 5.60. The molecule has 0 saturated carbocycles. The Morgan fingerprint density at radius 2 is 1.69 bits per heavy atom. The lowest BCUT2D eigenvalue weighted by Crippen LogP contribution is -2.31. The second-order valence-corrected chi connectivity index (χ2v) is 10.2. The lowest BCUT2D eigenvalue weighted by Gasteiger charge is -2.21. The van der Waals surface area contributed by atoms with Gasteiger partial charge in [0.15, 0.2) is 0 Å². The van der Waals surface area contributed by atoms with E-state index in [4.69, 9.17) is 16.3 Å². The highest BCUT2D eigenvalue weighted by atomic mass is 35.5. The first-order valence-corrected chi connectivity index (χ1v) is 12.6. The lowest BCUT2D eigenvalue weighted by atomic mass is 9.98. The SMILES string of the molecule is CN(C)[C@@H]1CCN(Cc2ccccc2-c2ccc(CN3C[C@@H](c4ccc(Cl)cc4)OC3=O)cc2)C1. The van der Waals surface area contributed by atoms with E-state index in [0.29, 0.717) is 24.2 Å². The summed E-state index contributed by atoms with van der Waals surface area (Å²) in [5.41, 5.74) is 5.89. The molecule has 0 aliphatic carbocycles. The van der Waals surface area contributed by atoms with Gasteiger partial charge in [0, 0.05) is 37.2 Å². The number of amides is 1. The molecule has 0 bridgehead atoms. The van der Waals surface area contributed by atoms with Gasteiger partial charge in [-0.3, -0.25) is 9.80 Å². The average molecular weight is 490 g/mol. The fourth-order valence-corrected chi connectivity index (χ4v) is 5.18. The van der Waals surface area contributed by atoms with Gasteiger partial charge < -0.3 is 9.64 Å². The van der Waals surface area contributed by atoms with Gasteiger partial charge in [-0.15, -0.1) is 0 Å². The van der Waals surface area contributed by atoms with Gasteiger partial charge in [-0.1, -0.05) is 72.3 Å². The van der Waals surface area contributed by atoms with E-state index in [2.05, 4.69) is 72.4 Å². The first-order valence-electron chi connectivity index (χ1n) is 12.2. The summed E-state index contributed by atoms with van der Waals surface area (Å²) in [6, 6.07) is 25.4. The number of benzene rings is 3. The van der Waals surface area contributed by atoms with Crippen LogP contribution >= 0.6 is 11.6 Å². The normalized spacial score (nSPS) is 20.6. The minimum Gasteiger partial charge on any atom is -0.439 e. The highest BCUT2D eigenvalue weighted by Crippen LogP contribution is 2.30. The molecule has 2 heterocycles. The fraction of sp³-hybridized carbons (Fsp3) is 0.345. The first kappa shape index (κ1) is 23.9. The van der Waals surface area contributed by atoms with Crippen LogP contribution in [0.25, 0.3) is 11.1 Å². The number of hydrogen-bond donors (Lipinski definition) is 0. The minimum absolute atomic E-state index is 0.261. The molecule has 0 spiro atoms. The fourth-order valence-electron chi connectivity index (χ4n) is 5.06. The van der Waals surface area contributed by atoms with E-state index in [-0.39, 0.29) is 12.2 Å². The number of likely N-dealkylation sites (N-methyl/N-ethyl adjacent to an activating group) is 1.